The molecule has 0 saturated carbocycles. The number of aliphatic hydroxyl groups is 1. The molecule has 1 unspecified atom stereocenters. The smallest absolute Gasteiger partial charge is 0.294 e. The summed E-state index contributed by atoms with van der Waals surface area (Å²) in [5.41, 5.74) is 0.997. The Kier molecular flexibility index (Phi) is 9.66. The van der Waals surface area contributed by atoms with E-state index in [1.54, 1.807) is 19.2 Å². The van der Waals surface area contributed by atoms with Gasteiger partial charge in [0.1, 0.15) is 0 Å². The number of nitro benzene ring substituents is 1. The van der Waals surface area contributed by atoms with Gasteiger partial charge in [0, 0.05) is 0 Å². The fourth-order valence-electron chi connectivity index (χ4n) is 2.46. The van der Waals surface area contributed by atoms with Crippen LogP contribution in [0.4, 0.5) is 5.69 Å². The molecular formula is C19H26N2O8S. The van der Waals surface area contributed by atoms with Gasteiger partial charge in [0.15, 0.2) is 11.5 Å². The summed E-state index contributed by atoms with van der Waals surface area (Å²) < 4.78 is 39.7. The molecule has 2 aromatic rings. The van der Waals surface area contributed by atoms with Crippen LogP contribution in [0, 0.1) is 17.0 Å². The molecule has 0 spiro atoms. The molecule has 10 nitrogen and oxygen atoms in total. The maximum absolute atomic E-state index is 11.1. The van der Waals surface area contributed by atoms with Crippen molar-refractivity contribution in [2.75, 3.05) is 27.8 Å². The minimum Gasteiger partial charge on any atom is -0.493 e. The van der Waals surface area contributed by atoms with Crippen molar-refractivity contribution in [3.63, 3.8) is 0 Å². The highest BCUT2D eigenvalue weighted by Crippen LogP contribution is 2.37. The van der Waals surface area contributed by atoms with Crippen LogP contribution in [-0.2, 0) is 10.1 Å². The summed E-state index contributed by atoms with van der Waals surface area (Å²) in [7, 11) is 0.566. The SMILES string of the molecule is CNCCC(O)c1cc(OC)c(OC)cc1[N+](=O)[O-].Cc1ccc(S(=O)(=O)O)cc1. The van der Waals surface area contributed by atoms with E-state index in [2.05, 4.69) is 5.32 Å². The molecule has 2 aromatic carbocycles. The molecule has 0 aromatic heterocycles. The second-order valence-corrected chi connectivity index (χ2v) is 7.64. The van der Waals surface area contributed by atoms with Gasteiger partial charge >= 0.3 is 0 Å². The van der Waals surface area contributed by atoms with E-state index in [1.165, 1.54) is 38.5 Å². The number of methoxy groups -OCH3 is 2. The van der Waals surface area contributed by atoms with E-state index in [0.717, 1.165) is 5.56 Å². The van der Waals surface area contributed by atoms with Crippen LogP contribution in [-0.4, -0.2) is 50.8 Å². The average Bonchev–Trinajstić information content (AvgIpc) is 2.70. The average molecular weight is 442 g/mol. The first-order valence-corrected chi connectivity index (χ1v) is 10.3. The van der Waals surface area contributed by atoms with E-state index in [1.807, 2.05) is 6.92 Å². The summed E-state index contributed by atoms with van der Waals surface area (Å²) in [5, 5.41) is 24.0. The van der Waals surface area contributed by atoms with Crippen molar-refractivity contribution in [3.8, 4) is 11.5 Å². The quantitative estimate of drug-likeness (QED) is 0.318. The highest BCUT2D eigenvalue weighted by molar-refractivity contribution is 7.85. The van der Waals surface area contributed by atoms with Crippen molar-refractivity contribution in [2.24, 2.45) is 0 Å². The molecule has 0 bridgehead atoms. The monoisotopic (exact) mass is 442 g/mol. The fourth-order valence-corrected chi connectivity index (χ4v) is 2.94. The largest absolute Gasteiger partial charge is 0.493 e. The standard InChI is InChI=1S/C12H18N2O5.C7H8O3S/c1-13-5-4-10(15)8-6-11(18-2)12(19-3)7-9(8)14(16)17;1-6-2-4-7(5-3-6)11(8,9)10/h6-7,10,13,15H,4-5H2,1-3H3;2-5H,1H3,(H,8,9,10). The van der Waals surface area contributed by atoms with Gasteiger partial charge in [-0.05, 0) is 45.1 Å². The molecule has 1 atom stereocenters. The third kappa shape index (κ3) is 7.26. The summed E-state index contributed by atoms with van der Waals surface area (Å²) >= 11 is 0. The molecule has 0 heterocycles. The maximum atomic E-state index is 11.1. The molecule has 3 N–H and O–H groups in total. The van der Waals surface area contributed by atoms with E-state index in [9.17, 15) is 23.6 Å². The van der Waals surface area contributed by atoms with Crippen molar-refractivity contribution in [1.29, 1.82) is 0 Å². The van der Waals surface area contributed by atoms with Gasteiger partial charge in [-0.15, -0.1) is 0 Å². The Hall–Kier alpha value is -2.73. The second kappa shape index (κ2) is 11.5. The van der Waals surface area contributed by atoms with E-state index in [0.29, 0.717) is 18.7 Å². The normalized spacial score (nSPS) is 11.8. The summed E-state index contributed by atoms with van der Waals surface area (Å²) in [6.07, 6.45) is -0.569. The lowest BCUT2D eigenvalue weighted by Gasteiger charge is -2.14. The molecule has 0 aliphatic rings. The predicted octanol–water partition coefficient (Wildman–Crippen LogP) is 2.50. The van der Waals surface area contributed by atoms with Crippen LogP contribution < -0.4 is 14.8 Å². The Balaban J connectivity index is 0.000000346. The van der Waals surface area contributed by atoms with E-state index in [4.69, 9.17) is 14.0 Å². The van der Waals surface area contributed by atoms with E-state index >= 15 is 0 Å². The Labute approximate surface area is 175 Å². The van der Waals surface area contributed by atoms with Gasteiger partial charge in [-0.2, -0.15) is 8.42 Å². The summed E-state index contributed by atoms with van der Waals surface area (Å²) in [6, 6.07) is 8.69. The number of hydrogen-bond acceptors (Lipinski definition) is 8. The second-order valence-electron chi connectivity index (χ2n) is 6.22. The van der Waals surface area contributed by atoms with Gasteiger partial charge in [-0.3, -0.25) is 14.7 Å². The highest BCUT2D eigenvalue weighted by Gasteiger charge is 2.24. The number of hydrogen-bond donors (Lipinski definition) is 3. The van der Waals surface area contributed by atoms with Crippen LogP contribution in [0.1, 0.15) is 23.7 Å². The highest BCUT2D eigenvalue weighted by atomic mass is 32.2. The maximum Gasteiger partial charge on any atom is 0.294 e. The summed E-state index contributed by atoms with van der Waals surface area (Å²) in [6.45, 7) is 2.39. The van der Waals surface area contributed by atoms with E-state index in [-0.39, 0.29) is 21.9 Å². The van der Waals surface area contributed by atoms with Crippen LogP contribution in [0.25, 0.3) is 0 Å². The first-order chi connectivity index (χ1) is 14.0. The number of nitro groups is 1. The zero-order valence-corrected chi connectivity index (χ0v) is 18.0. The molecular weight excluding hydrogens is 416 g/mol. The first kappa shape index (κ1) is 25.3. The van der Waals surface area contributed by atoms with Gasteiger partial charge in [0.05, 0.1) is 41.8 Å². The molecule has 0 aliphatic heterocycles. The molecule has 0 saturated heterocycles. The van der Waals surface area contributed by atoms with Crippen LogP contribution in [0.3, 0.4) is 0 Å². The lowest BCUT2D eigenvalue weighted by Crippen LogP contribution is -2.13. The van der Waals surface area contributed by atoms with Crippen LogP contribution in [0.5, 0.6) is 11.5 Å². The lowest BCUT2D eigenvalue weighted by molar-refractivity contribution is -0.386. The van der Waals surface area contributed by atoms with Gasteiger partial charge < -0.3 is 19.9 Å². The Morgan fingerprint density at radius 2 is 1.67 bits per heavy atom. The zero-order chi connectivity index (χ0) is 22.9. The lowest BCUT2D eigenvalue weighted by atomic mass is 10.0. The molecule has 0 radical (unpaired) electrons. The molecule has 11 heteroatoms. The van der Waals surface area contributed by atoms with Crippen molar-refractivity contribution in [1.82, 2.24) is 5.32 Å². The van der Waals surface area contributed by atoms with Crippen LogP contribution >= 0.6 is 0 Å². The Bertz CT molecular complexity index is 946. The van der Waals surface area contributed by atoms with Gasteiger partial charge in [0.2, 0.25) is 0 Å². The minimum absolute atomic E-state index is 0.0666. The first-order valence-electron chi connectivity index (χ1n) is 8.82. The van der Waals surface area contributed by atoms with Crippen molar-refractivity contribution >= 4 is 15.8 Å². The predicted molar refractivity (Wildman–Crippen MR) is 111 cm³/mol. The summed E-state index contributed by atoms with van der Waals surface area (Å²) in [5.74, 6) is 0.616. The summed E-state index contributed by atoms with van der Waals surface area (Å²) in [4.78, 5) is 10.4. The van der Waals surface area contributed by atoms with Gasteiger partial charge in [-0.1, -0.05) is 17.7 Å². The van der Waals surface area contributed by atoms with Crippen molar-refractivity contribution in [2.45, 2.75) is 24.3 Å². The zero-order valence-electron chi connectivity index (χ0n) is 17.2. The van der Waals surface area contributed by atoms with Gasteiger partial charge in [0.25, 0.3) is 15.8 Å². The topological polar surface area (TPSA) is 148 Å². The number of ether oxygens (including phenoxy) is 2. The number of aliphatic hydroxyl groups excluding tert-OH is 1. The number of aryl methyl sites for hydroxylation is 1. The Morgan fingerprint density at radius 1 is 1.13 bits per heavy atom. The molecule has 30 heavy (non-hydrogen) atoms. The van der Waals surface area contributed by atoms with Gasteiger partial charge in [-0.25, -0.2) is 0 Å². The Morgan fingerprint density at radius 3 is 2.10 bits per heavy atom. The van der Waals surface area contributed by atoms with E-state index < -0.39 is 21.1 Å². The molecule has 0 amide bonds. The number of benzene rings is 2. The molecule has 0 fully saturated rings. The molecule has 166 valence electrons. The molecule has 2 rings (SSSR count). The van der Waals surface area contributed by atoms with Crippen molar-refractivity contribution in [3.05, 3.63) is 57.6 Å². The fraction of sp³-hybridized carbons (Fsp3) is 0.368. The van der Waals surface area contributed by atoms with Crippen LogP contribution in [0.15, 0.2) is 41.3 Å². The third-order valence-electron chi connectivity index (χ3n) is 4.08. The minimum atomic E-state index is -4.02. The number of nitrogens with one attached hydrogen (secondary N) is 1. The number of nitrogens with zero attached hydrogens (tertiary/aromatic N) is 1. The third-order valence-corrected chi connectivity index (χ3v) is 4.94. The number of rotatable bonds is 8. The van der Waals surface area contributed by atoms with Crippen molar-refractivity contribution < 1.29 is 32.5 Å². The van der Waals surface area contributed by atoms with Crippen LogP contribution in [0.2, 0.25) is 0 Å². The molecule has 0 aliphatic carbocycles.